The van der Waals surface area contributed by atoms with Crippen molar-refractivity contribution in [2.24, 2.45) is 5.10 Å². The Morgan fingerprint density at radius 1 is 1.17 bits per heavy atom. The van der Waals surface area contributed by atoms with Gasteiger partial charge in [-0.1, -0.05) is 12.8 Å². The average molecular weight is 464 g/mol. The molecule has 0 aliphatic carbocycles. The number of nitrogens with zero attached hydrogens (tertiary/aromatic N) is 1. The van der Waals surface area contributed by atoms with Gasteiger partial charge in [0.15, 0.2) is 0 Å². The first-order valence-corrected chi connectivity index (χ1v) is 9.09. The Morgan fingerprint density at radius 3 is 2.33 bits per heavy atom. The maximum Gasteiger partial charge on any atom is 0.305 e. The lowest BCUT2D eigenvalue weighted by molar-refractivity contribution is -0.140. The Morgan fingerprint density at radius 2 is 1.75 bits per heavy atom. The van der Waals surface area contributed by atoms with E-state index in [1.54, 1.807) is 12.1 Å². The highest BCUT2D eigenvalue weighted by Gasteiger charge is 2.05. The summed E-state index contributed by atoms with van der Waals surface area (Å²) >= 11 is 6.46. The number of benzene rings is 1. The van der Waals surface area contributed by atoms with Crippen LogP contribution in [0.1, 0.15) is 44.1 Å². The fourth-order valence-electron chi connectivity index (χ4n) is 1.90. The first-order chi connectivity index (χ1) is 11.4. The zero-order chi connectivity index (χ0) is 17.9. The van der Waals surface area contributed by atoms with E-state index in [0.29, 0.717) is 21.8 Å². The number of unbranched alkanes of at least 4 members (excludes halogenated alkanes) is 3. The molecule has 0 bridgehead atoms. The highest BCUT2D eigenvalue weighted by atomic mass is 79.9. The summed E-state index contributed by atoms with van der Waals surface area (Å²) < 4.78 is 5.64. The summed E-state index contributed by atoms with van der Waals surface area (Å²) in [4.78, 5) is 22.6. The lowest BCUT2D eigenvalue weighted by Gasteiger charge is -2.03. The van der Waals surface area contributed by atoms with Gasteiger partial charge in [-0.25, -0.2) is 5.43 Å². The maximum absolute atomic E-state index is 11.7. The molecule has 24 heavy (non-hydrogen) atoms. The fraction of sp³-hybridized carbons (Fsp3) is 0.438. The van der Waals surface area contributed by atoms with E-state index in [1.807, 2.05) is 0 Å². The van der Waals surface area contributed by atoms with Crippen LogP contribution >= 0.6 is 31.9 Å². The number of carbonyl (C=O) groups is 2. The Hall–Kier alpha value is -1.41. The molecule has 1 aromatic rings. The number of aromatic hydroxyl groups is 1. The molecule has 1 aromatic carbocycles. The SMILES string of the molecule is COC(=O)CCCCCCC(=O)N/N=C/c1cc(Br)c(O)c(Br)c1. The Labute approximate surface area is 157 Å². The number of carbonyl (C=O) groups excluding carboxylic acids is 2. The smallest absolute Gasteiger partial charge is 0.305 e. The van der Waals surface area contributed by atoms with Crippen LogP contribution in [0.25, 0.3) is 0 Å². The van der Waals surface area contributed by atoms with Gasteiger partial charge in [0.2, 0.25) is 5.91 Å². The van der Waals surface area contributed by atoms with Crippen molar-refractivity contribution in [3.8, 4) is 5.75 Å². The van der Waals surface area contributed by atoms with Gasteiger partial charge in [-0.2, -0.15) is 5.10 Å². The van der Waals surface area contributed by atoms with Crippen LogP contribution in [-0.4, -0.2) is 30.3 Å². The molecule has 0 aliphatic rings. The Bertz CT molecular complexity index is 583. The van der Waals surface area contributed by atoms with Crippen LogP contribution in [0, 0.1) is 0 Å². The highest BCUT2D eigenvalue weighted by Crippen LogP contribution is 2.32. The second kappa shape index (κ2) is 11.2. The van der Waals surface area contributed by atoms with Gasteiger partial charge in [0.1, 0.15) is 5.75 Å². The van der Waals surface area contributed by atoms with E-state index >= 15 is 0 Å². The quantitative estimate of drug-likeness (QED) is 0.252. The lowest BCUT2D eigenvalue weighted by Crippen LogP contribution is -2.16. The second-order valence-corrected chi connectivity index (χ2v) is 6.83. The zero-order valence-corrected chi connectivity index (χ0v) is 16.5. The summed E-state index contributed by atoms with van der Waals surface area (Å²) in [5.41, 5.74) is 3.20. The van der Waals surface area contributed by atoms with Crippen LogP contribution < -0.4 is 5.43 Å². The first-order valence-electron chi connectivity index (χ1n) is 7.50. The van der Waals surface area contributed by atoms with E-state index in [9.17, 15) is 14.7 Å². The topological polar surface area (TPSA) is 88.0 Å². The summed E-state index contributed by atoms with van der Waals surface area (Å²) in [5.74, 6) is -0.242. The van der Waals surface area contributed by atoms with Crippen molar-refractivity contribution in [1.82, 2.24) is 5.43 Å². The lowest BCUT2D eigenvalue weighted by atomic mass is 10.1. The second-order valence-electron chi connectivity index (χ2n) is 5.12. The van der Waals surface area contributed by atoms with Crippen molar-refractivity contribution in [3.63, 3.8) is 0 Å². The van der Waals surface area contributed by atoms with E-state index in [0.717, 1.165) is 31.2 Å². The number of rotatable bonds is 9. The minimum absolute atomic E-state index is 0.114. The van der Waals surface area contributed by atoms with Crippen molar-refractivity contribution in [1.29, 1.82) is 0 Å². The number of methoxy groups -OCH3 is 1. The third-order valence-corrected chi connectivity index (χ3v) is 4.41. The van der Waals surface area contributed by atoms with Crippen LogP contribution in [0.2, 0.25) is 0 Å². The molecule has 0 atom stereocenters. The third-order valence-electron chi connectivity index (χ3n) is 3.20. The van der Waals surface area contributed by atoms with Gasteiger partial charge >= 0.3 is 5.97 Å². The number of ether oxygens (including phenoxy) is 1. The predicted molar refractivity (Wildman–Crippen MR) is 99.0 cm³/mol. The molecule has 1 amide bonds. The molecule has 0 aliphatic heterocycles. The summed E-state index contributed by atoms with van der Waals surface area (Å²) in [5, 5.41) is 13.5. The standard InChI is InChI=1S/C16H20Br2N2O4/c1-24-15(22)7-5-3-2-4-6-14(21)20-19-10-11-8-12(17)16(23)13(18)9-11/h8-10,23H,2-7H2,1H3,(H,20,21)/b19-10+. The van der Waals surface area contributed by atoms with Crippen LogP contribution in [-0.2, 0) is 14.3 Å². The molecule has 0 heterocycles. The van der Waals surface area contributed by atoms with Gasteiger partial charge in [-0.05, 0) is 62.4 Å². The molecule has 6 nitrogen and oxygen atoms in total. The third kappa shape index (κ3) is 7.92. The van der Waals surface area contributed by atoms with Crippen LogP contribution in [0.4, 0.5) is 0 Å². The number of hydrazone groups is 1. The molecule has 0 saturated carbocycles. The molecule has 0 saturated heterocycles. The summed E-state index contributed by atoms with van der Waals surface area (Å²) in [6.07, 6.45) is 5.61. The number of esters is 1. The molecular weight excluding hydrogens is 444 g/mol. The van der Waals surface area contributed by atoms with Crippen molar-refractivity contribution < 1.29 is 19.4 Å². The van der Waals surface area contributed by atoms with E-state index in [4.69, 9.17) is 0 Å². The summed E-state index contributed by atoms with van der Waals surface area (Å²) in [6, 6.07) is 3.38. The molecule has 1 rings (SSSR count). The summed E-state index contributed by atoms with van der Waals surface area (Å²) in [6.45, 7) is 0. The number of phenolic OH excluding ortho intramolecular Hbond substituents is 1. The Kier molecular flexibility index (Phi) is 9.63. The molecule has 132 valence electrons. The summed E-state index contributed by atoms with van der Waals surface area (Å²) in [7, 11) is 1.38. The molecule has 0 radical (unpaired) electrons. The molecule has 2 N–H and O–H groups in total. The van der Waals surface area contributed by atoms with E-state index in [1.165, 1.54) is 13.3 Å². The number of nitrogens with one attached hydrogen (secondary N) is 1. The van der Waals surface area contributed by atoms with Gasteiger partial charge in [0.25, 0.3) is 0 Å². The number of halogens is 2. The largest absolute Gasteiger partial charge is 0.506 e. The van der Waals surface area contributed by atoms with Crippen LogP contribution in [0.15, 0.2) is 26.2 Å². The highest BCUT2D eigenvalue weighted by molar-refractivity contribution is 9.11. The number of amides is 1. The van der Waals surface area contributed by atoms with E-state index in [-0.39, 0.29) is 17.6 Å². The molecular formula is C16H20Br2N2O4. The molecule has 0 aromatic heterocycles. The average Bonchev–Trinajstić information content (AvgIpc) is 2.55. The van der Waals surface area contributed by atoms with Gasteiger partial charge in [0.05, 0.1) is 22.3 Å². The maximum atomic E-state index is 11.7. The number of hydrogen-bond acceptors (Lipinski definition) is 5. The van der Waals surface area contributed by atoms with Crippen molar-refractivity contribution >= 4 is 50.0 Å². The molecule has 0 spiro atoms. The van der Waals surface area contributed by atoms with Crippen molar-refractivity contribution in [2.45, 2.75) is 38.5 Å². The van der Waals surface area contributed by atoms with Crippen LogP contribution in [0.3, 0.4) is 0 Å². The van der Waals surface area contributed by atoms with Gasteiger partial charge < -0.3 is 9.84 Å². The van der Waals surface area contributed by atoms with Gasteiger partial charge in [-0.15, -0.1) is 0 Å². The van der Waals surface area contributed by atoms with Crippen LogP contribution in [0.5, 0.6) is 5.75 Å². The zero-order valence-electron chi connectivity index (χ0n) is 13.3. The van der Waals surface area contributed by atoms with Gasteiger partial charge in [0, 0.05) is 12.8 Å². The van der Waals surface area contributed by atoms with Crippen molar-refractivity contribution in [2.75, 3.05) is 7.11 Å². The monoisotopic (exact) mass is 462 g/mol. The van der Waals surface area contributed by atoms with E-state index < -0.39 is 0 Å². The fourth-order valence-corrected chi connectivity index (χ4v) is 3.13. The van der Waals surface area contributed by atoms with E-state index in [2.05, 4.69) is 47.1 Å². The van der Waals surface area contributed by atoms with Gasteiger partial charge in [-0.3, -0.25) is 9.59 Å². The minimum atomic E-state index is -0.199. The molecule has 0 unspecified atom stereocenters. The minimum Gasteiger partial charge on any atom is -0.506 e. The number of hydrogen-bond donors (Lipinski definition) is 2. The molecule has 0 fully saturated rings. The van der Waals surface area contributed by atoms with Crippen molar-refractivity contribution in [3.05, 3.63) is 26.6 Å². The first kappa shape index (κ1) is 20.6. The molecule has 8 heteroatoms. The predicted octanol–water partition coefficient (Wildman–Crippen LogP) is 3.88. The number of phenols is 1. The normalized spacial score (nSPS) is 10.8. The Balaban J connectivity index is 2.23.